The third-order valence-electron chi connectivity index (χ3n) is 4.73. The van der Waals surface area contributed by atoms with E-state index in [9.17, 15) is 4.79 Å². The van der Waals surface area contributed by atoms with Gasteiger partial charge >= 0.3 is 6.01 Å². The average molecular weight is 339 g/mol. The molecule has 0 saturated heterocycles. The minimum Gasteiger partial charge on any atom is -0.460 e. The number of nitrogens with zero attached hydrogens (tertiary/aromatic N) is 2. The fourth-order valence-electron chi connectivity index (χ4n) is 2.73. The van der Waals surface area contributed by atoms with Crippen LogP contribution >= 0.6 is 0 Å². The van der Waals surface area contributed by atoms with Gasteiger partial charge in [-0.1, -0.05) is 38.1 Å². The highest BCUT2D eigenvalue weighted by Crippen LogP contribution is 2.27. The van der Waals surface area contributed by atoms with Crippen molar-refractivity contribution in [1.82, 2.24) is 15.3 Å². The van der Waals surface area contributed by atoms with Crippen molar-refractivity contribution >= 4 is 5.91 Å². The van der Waals surface area contributed by atoms with E-state index in [1.54, 1.807) is 12.4 Å². The van der Waals surface area contributed by atoms with Gasteiger partial charge in [-0.3, -0.25) is 4.79 Å². The maximum atomic E-state index is 11.1. The highest BCUT2D eigenvalue weighted by atomic mass is 16.5. The number of nitrogens with one attached hydrogen (secondary N) is 1. The SMILES string of the molecule is CC(=O)NCC(C)(C)c1ccc(-c2cnc(OC3CCC3)nc2)cc1. The summed E-state index contributed by atoms with van der Waals surface area (Å²) in [6, 6.07) is 8.78. The van der Waals surface area contributed by atoms with Crippen molar-refractivity contribution in [2.24, 2.45) is 0 Å². The Morgan fingerprint density at radius 2 is 1.80 bits per heavy atom. The van der Waals surface area contributed by atoms with Gasteiger partial charge in [0.15, 0.2) is 0 Å². The molecule has 0 unspecified atom stereocenters. The first-order chi connectivity index (χ1) is 11.9. The lowest BCUT2D eigenvalue weighted by Gasteiger charge is -2.25. The van der Waals surface area contributed by atoms with Crippen LogP contribution < -0.4 is 10.1 Å². The van der Waals surface area contributed by atoms with E-state index in [4.69, 9.17) is 4.74 Å². The summed E-state index contributed by atoms with van der Waals surface area (Å²) in [6.45, 7) is 6.39. The Morgan fingerprint density at radius 3 is 2.32 bits per heavy atom. The summed E-state index contributed by atoms with van der Waals surface area (Å²) in [5.41, 5.74) is 3.08. The minimum absolute atomic E-state index is 0.00828. The Morgan fingerprint density at radius 1 is 1.16 bits per heavy atom. The van der Waals surface area contributed by atoms with Crippen LogP contribution in [0.3, 0.4) is 0 Å². The molecule has 132 valence electrons. The van der Waals surface area contributed by atoms with E-state index in [0.29, 0.717) is 12.6 Å². The van der Waals surface area contributed by atoms with Crippen LogP contribution in [0.2, 0.25) is 0 Å². The van der Waals surface area contributed by atoms with Crippen LogP contribution in [-0.4, -0.2) is 28.5 Å². The molecule has 1 aliphatic rings. The van der Waals surface area contributed by atoms with E-state index in [2.05, 4.69) is 53.4 Å². The second kappa shape index (κ2) is 7.21. The molecule has 0 atom stereocenters. The molecule has 1 aromatic carbocycles. The molecule has 3 rings (SSSR count). The Balaban J connectivity index is 1.67. The van der Waals surface area contributed by atoms with Gasteiger partial charge in [0.1, 0.15) is 6.10 Å². The molecule has 0 bridgehead atoms. The summed E-state index contributed by atoms with van der Waals surface area (Å²) in [4.78, 5) is 19.8. The van der Waals surface area contributed by atoms with Gasteiger partial charge in [-0.25, -0.2) is 9.97 Å². The summed E-state index contributed by atoms with van der Waals surface area (Å²) in [6.07, 6.45) is 7.32. The number of hydrogen-bond donors (Lipinski definition) is 1. The number of benzene rings is 1. The monoisotopic (exact) mass is 339 g/mol. The Kier molecular flexibility index (Phi) is 5.02. The molecule has 2 aromatic rings. The zero-order valence-corrected chi connectivity index (χ0v) is 15.1. The van der Waals surface area contributed by atoms with Crippen LogP contribution in [0.25, 0.3) is 11.1 Å². The second-order valence-corrected chi connectivity index (χ2v) is 7.30. The van der Waals surface area contributed by atoms with Gasteiger partial charge in [-0.15, -0.1) is 0 Å². The number of aromatic nitrogens is 2. The van der Waals surface area contributed by atoms with Gasteiger partial charge in [0.05, 0.1) is 0 Å². The summed E-state index contributed by atoms with van der Waals surface area (Å²) >= 11 is 0. The number of hydrogen-bond acceptors (Lipinski definition) is 4. The highest BCUT2D eigenvalue weighted by molar-refractivity contribution is 5.73. The van der Waals surface area contributed by atoms with Crippen molar-refractivity contribution in [3.8, 4) is 17.1 Å². The molecular formula is C20H25N3O2. The fourth-order valence-corrected chi connectivity index (χ4v) is 2.73. The summed E-state index contributed by atoms with van der Waals surface area (Å²) in [5, 5.41) is 2.89. The van der Waals surface area contributed by atoms with Crippen molar-refractivity contribution in [2.45, 2.75) is 51.6 Å². The van der Waals surface area contributed by atoms with Crippen molar-refractivity contribution < 1.29 is 9.53 Å². The first kappa shape index (κ1) is 17.4. The number of amides is 1. The van der Waals surface area contributed by atoms with Gasteiger partial charge < -0.3 is 10.1 Å². The first-order valence-electron chi connectivity index (χ1n) is 8.78. The molecule has 1 heterocycles. The average Bonchev–Trinajstić information content (AvgIpc) is 2.57. The maximum absolute atomic E-state index is 11.1. The van der Waals surface area contributed by atoms with Gasteiger partial charge in [-0.05, 0) is 30.4 Å². The van der Waals surface area contributed by atoms with Crippen LogP contribution in [0.5, 0.6) is 6.01 Å². The molecule has 1 N–H and O–H groups in total. The van der Waals surface area contributed by atoms with E-state index in [0.717, 1.165) is 24.0 Å². The molecule has 0 radical (unpaired) electrons. The van der Waals surface area contributed by atoms with Crippen molar-refractivity contribution in [2.75, 3.05) is 6.54 Å². The lowest BCUT2D eigenvalue weighted by atomic mass is 9.84. The normalized spacial score (nSPS) is 14.7. The number of carbonyl (C=O) groups is 1. The van der Waals surface area contributed by atoms with Crippen LogP contribution in [0, 0.1) is 0 Å². The van der Waals surface area contributed by atoms with Crippen LogP contribution in [0.4, 0.5) is 0 Å². The molecule has 0 aliphatic heterocycles. The zero-order chi connectivity index (χ0) is 17.9. The minimum atomic E-state index is -0.124. The highest BCUT2D eigenvalue weighted by Gasteiger charge is 2.21. The standard InChI is InChI=1S/C20H25N3O2/c1-14(24)23-13-20(2,3)17-9-7-15(8-10-17)16-11-21-19(22-12-16)25-18-5-4-6-18/h7-12,18H,4-6,13H2,1-3H3,(H,23,24). The quantitative estimate of drug-likeness (QED) is 0.875. The molecule has 1 aromatic heterocycles. The molecule has 5 nitrogen and oxygen atoms in total. The van der Waals surface area contributed by atoms with Crippen LogP contribution in [-0.2, 0) is 10.2 Å². The van der Waals surface area contributed by atoms with Crippen molar-refractivity contribution in [1.29, 1.82) is 0 Å². The molecular weight excluding hydrogens is 314 g/mol. The van der Waals surface area contributed by atoms with E-state index in [1.165, 1.54) is 18.9 Å². The topological polar surface area (TPSA) is 64.1 Å². The molecule has 5 heteroatoms. The van der Waals surface area contributed by atoms with Gasteiger partial charge in [0.2, 0.25) is 5.91 Å². The molecule has 1 aliphatic carbocycles. The molecule has 1 fully saturated rings. The number of carbonyl (C=O) groups excluding carboxylic acids is 1. The van der Waals surface area contributed by atoms with Crippen molar-refractivity contribution in [3.63, 3.8) is 0 Å². The predicted molar refractivity (Wildman–Crippen MR) is 97.4 cm³/mol. The van der Waals surface area contributed by atoms with E-state index < -0.39 is 0 Å². The summed E-state index contributed by atoms with van der Waals surface area (Å²) in [7, 11) is 0. The molecule has 1 saturated carbocycles. The third-order valence-corrected chi connectivity index (χ3v) is 4.73. The lowest BCUT2D eigenvalue weighted by molar-refractivity contribution is -0.119. The van der Waals surface area contributed by atoms with E-state index in [-0.39, 0.29) is 17.4 Å². The zero-order valence-electron chi connectivity index (χ0n) is 15.1. The molecule has 0 spiro atoms. The van der Waals surface area contributed by atoms with E-state index in [1.807, 2.05) is 0 Å². The summed E-state index contributed by atoms with van der Waals surface area (Å²) < 4.78 is 5.69. The maximum Gasteiger partial charge on any atom is 0.316 e. The Labute approximate surface area is 148 Å². The van der Waals surface area contributed by atoms with Gasteiger partial charge in [-0.2, -0.15) is 0 Å². The Hall–Kier alpha value is -2.43. The fraction of sp³-hybridized carbons (Fsp3) is 0.450. The molecule has 1 amide bonds. The second-order valence-electron chi connectivity index (χ2n) is 7.30. The molecule has 25 heavy (non-hydrogen) atoms. The Bertz CT molecular complexity index is 720. The third kappa shape index (κ3) is 4.35. The van der Waals surface area contributed by atoms with Crippen LogP contribution in [0.1, 0.15) is 45.6 Å². The first-order valence-corrected chi connectivity index (χ1v) is 8.78. The van der Waals surface area contributed by atoms with Crippen molar-refractivity contribution in [3.05, 3.63) is 42.2 Å². The summed E-state index contributed by atoms with van der Waals surface area (Å²) in [5.74, 6) is -0.00828. The number of ether oxygens (including phenoxy) is 1. The number of rotatable bonds is 6. The van der Waals surface area contributed by atoms with Crippen LogP contribution in [0.15, 0.2) is 36.7 Å². The van der Waals surface area contributed by atoms with Gasteiger partial charge in [0.25, 0.3) is 0 Å². The van der Waals surface area contributed by atoms with Gasteiger partial charge in [0, 0.05) is 36.8 Å². The lowest BCUT2D eigenvalue weighted by Crippen LogP contribution is -2.35. The largest absolute Gasteiger partial charge is 0.460 e. The van der Waals surface area contributed by atoms with E-state index >= 15 is 0 Å². The smallest absolute Gasteiger partial charge is 0.316 e. The predicted octanol–water partition coefficient (Wildman–Crippen LogP) is 3.49.